The van der Waals surface area contributed by atoms with E-state index in [4.69, 9.17) is 9.47 Å². The Balaban J connectivity index is 1.38. The molecule has 0 saturated heterocycles. The first-order valence-corrected chi connectivity index (χ1v) is 10.6. The number of nitrogens with zero attached hydrogens (tertiary/aromatic N) is 2. The van der Waals surface area contributed by atoms with Crippen LogP contribution in [0.2, 0.25) is 0 Å². The summed E-state index contributed by atoms with van der Waals surface area (Å²) in [6.07, 6.45) is 0. The molecule has 0 atom stereocenters. The second-order valence-electron chi connectivity index (χ2n) is 7.71. The summed E-state index contributed by atoms with van der Waals surface area (Å²) >= 11 is 0. The molecule has 0 saturated carbocycles. The predicted molar refractivity (Wildman–Crippen MR) is 126 cm³/mol. The van der Waals surface area contributed by atoms with Gasteiger partial charge >= 0.3 is 5.97 Å². The van der Waals surface area contributed by atoms with Crippen LogP contribution in [-0.4, -0.2) is 47.2 Å². The molecule has 0 unspecified atom stereocenters. The summed E-state index contributed by atoms with van der Waals surface area (Å²) in [6, 6.07) is 16.5. The van der Waals surface area contributed by atoms with Crippen molar-refractivity contribution in [2.24, 2.45) is 0 Å². The van der Waals surface area contributed by atoms with E-state index in [1.54, 1.807) is 36.4 Å². The van der Waals surface area contributed by atoms with Gasteiger partial charge < -0.3 is 14.8 Å². The maximum atomic E-state index is 12.6. The normalized spacial score (nSPS) is 12.2. The molecule has 3 amide bonds. The number of amides is 3. The molecule has 0 aliphatic carbocycles. The molecule has 0 fully saturated rings. The molecule has 11 nitrogen and oxygen atoms in total. The number of ether oxygens (including phenoxy) is 2. The molecule has 3 aromatic carbocycles. The number of nitrogens with one attached hydrogen (secondary N) is 1. The molecule has 3 aromatic rings. The number of carbonyl (C=O) groups is 4. The second-order valence-corrected chi connectivity index (χ2v) is 7.71. The summed E-state index contributed by atoms with van der Waals surface area (Å²) in [7, 11) is 1.35. The third kappa shape index (κ3) is 4.89. The number of imide groups is 1. The van der Waals surface area contributed by atoms with Gasteiger partial charge in [-0.25, -0.2) is 4.79 Å². The van der Waals surface area contributed by atoms with Gasteiger partial charge in [0.15, 0.2) is 6.61 Å². The SMILES string of the molecule is COc1ccc(NC(=O)COC(=O)c2cccc(CN3C(=O)c4ccccc4C3=O)c2)c([N+](=O)[O-])c1. The van der Waals surface area contributed by atoms with E-state index in [1.165, 1.54) is 31.4 Å². The van der Waals surface area contributed by atoms with E-state index >= 15 is 0 Å². The van der Waals surface area contributed by atoms with Crippen molar-refractivity contribution in [3.63, 3.8) is 0 Å². The quantitative estimate of drug-likeness (QED) is 0.220. The zero-order valence-corrected chi connectivity index (χ0v) is 18.9. The van der Waals surface area contributed by atoms with Crippen molar-refractivity contribution in [2.75, 3.05) is 19.0 Å². The minimum atomic E-state index is -0.821. The lowest BCUT2D eigenvalue weighted by Crippen LogP contribution is -2.29. The Bertz CT molecular complexity index is 1370. The van der Waals surface area contributed by atoms with Crippen molar-refractivity contribution in [2.45, 2.75) is 6.54 Å². The largest absolute Gasteiger partial charge is 0.496 e. The average molecular weight is 489 g/mol. The van der Waals surface area contributed by atoms with Gasteiger partial charge in [0, 0.05) is 0 Å². The number of methoxy groups -OCH3 is 1. The summed E-state index contributed by atoms with van der Waals surface area (Å²) in [5, 5.41) is 13.6. The first kappa shape index (κ1) is 24.1. The van der Waals surface area contributed by atoms with Gasteiger partial charge in [-0.15, -0.1) is 0 Å². The molecule has 182 valence electrons. The zero-order valence-electron chi connectivity index (χ0n) is 18.9. The van der Waals surface area contributed by atoms with Crippen molar-refractivity contribution in [3.05, 3.63) is 99.1 Å². The molecule has 0 aromatic heterocycles. The number of nitro groups is 1. The van der Waals surface area contributed by atoms with E-state index in [1.807, 2.05) is 0 Å². The highest BCUT2D eigenvalue weighted by Crippen LogP contribution is 2.29. The van der Waals surface area contributed by atoms with E-state index in [0.29, 0.717) is 16.7 Å². The number of nitro benzene ring substituents is 1. The minimum Gasteiger partial charge on any atom is -0.496 e. The Hall–Kier alpha value is -5.06. The van der Waals surface area contributed by atoms with Crippen LogP contribution in [0.1, 0.15) is 36.6 Å². The molecule has 4 rings (SSSR count). The van der Waals surface area contributed by atoms with Gasteiger partial charge in [0.2, 0.25) is 0 Å². The lowest BCUT2D eigenvalue weighted by Gasteiger charge is -2.14. The van der Waals surface area contributed by atoms with Gasteiger partial charge in [0.05, 0.1) is 41.3 Å². The third-order valence-corrected chi connectivity index (χ3v) is 5.39. The summed E-state index contributed by atoms with van der Waals surface area (Å²) in [6.45, 7) is -0.736. The van der Waals surface area contributed by atoms with E-state index < -0.39 is 35.2 Å². The van der Waals surface area contributed by atoms with Crippen molar-refractivity contribution in [1.82, 2.24) is 4.90 Å². The fourth-order valence-corrected chi connectivity index (χ4v) is 3.66. The van der Waals surface area contributed by atoms with E-state index in [9.17, 15) is 29.3 Å². The highest BCUT2D eigenvalue weighted by molar-refractivity contribution is 6.21. The van der Waals surface area contributed by atoms with Crippen molar-refractivity contribution in [3.8, 4) is 5.75 Å². The number of hydrogen-bond donors (Lipinski definition) is 1. The van der Waals surface area contributed by atoms with Crippen LogP contribution in [0, 0.1) is 10.1 Å². The predicted octanol–water partition coefficient (Wildman–Crippen LogP) is 3.20. The maximum absolute atomic E-state index is 12.6. The number of esters is 1. The second kappa shape index (κ2) is 10.1. The van der Waals surface area contributed by atoms with Gasteiger partial charge in [0.1, 0.15) is 11.4 Å². The number of fused-ring (bicyclic) bond motifs is 1. The smallest absolute Gasteiger partial charge is 0.338 e. The molecule has 0 bridgehead atoms. The molecule has 1 aliphatic heterocycles. The number of carbonyl (C=O) groups excluding carboxylic acids is 4. The summed E-state index contributed by atoms with van der Waals surface area (Å²) in [4.78, 5) is 61.5. The number of benzene rings is 3. The van der Waals surface area contributed by atoms with Crippen LogP contribution in [-0.2, 0) is 16.1 Å². The minimum absolute atomic E-state index is 0.0465. The third-order valence-electron chi connectivity index (χ3n) is 5.39. The fraction of sp³-hybridized carbons (Fsp3) is 0.120. The van der Waals surface area contributed by atoms with Gasteiger partial charge in [-0.2, -0.15) is 0 Å². The Morgan fingerprint density at radius 2 is 1.67 bits per heavy atom. The zero-order chi connectivity index (χ0) is 25.8. The summed E-state index contributed by atoms with van der Waals surface area (Å²) < 4.78 is 9.98. The van der Waals surface area contributed by atoms with Crippen molar-refractivity contribution < 1.29 is 33.6 Å². The molecule has 36 heavy (non-hydrogen) atoms. The van der Waals surface area contributed by atoms with Crippen molar-refractivity contribution >= 4 is 35.1 Å². The van der Waals surface area contributed by atoms with Crippen LogP contribution in [0.3, 0.4) is 0 Å². The highest BCUT2D eigenvalue weighted by Gasteiger charge is 2.35. The van der Waals surface area contributed by atoms with Gasteiger partial charge in [0.25, 0.3) is 23.4 Å². The lowest BCUT2D eigenvalue weighted by molar-refractivity contribution is -0.384. The molecule has 1 aliphatic rings. The molecule has 0 spiro atoms. The first-order chi connectivity index (χ1) is 17.3. The molecule has 0 radical (unpaired) electrons. The monoisotopic (exact) mass is 489 g/mol. The number of rotatable bonds is 8. The lowest BCUT2D eigenvalue weighted by atomic mass is 10.1. The van der Waals surface area contributed by atoms with Crippen LogP contribution in [0.4, 0.5) is 11.4 Å². The van der Waals surface area contributed by atoms with Crippen LogP contribution in [0.25, 0.3) is 0 Å². The molecular formula is C25H19N3O8. The van der Waals surface area contributed by atoms with Crippen LogP contribution in [0.5, 0.6) is 5.75 Å². The van der Waals surface area contributed by atoms with Gasteiger partial charge in [-0.1, -0.05) is 24.3 Å². The van der Waals surface area contributed by atoms with Crippen LogP contribution < -0.4 is 10.1 Å². The van der Waals surface area contributed by atoms with E-state index in [0.717, 1.165) is 11.0 Å². The number of anilines is 1. The molecule has 1 heterocycles. The van der Waals surface area contributed by atoms with Gasteiger partial charge in [-0.3, -0.25) is 29.4 Å². The molecular weight excluding hydrogens is 470 g/mol. The Kier molecular flexibility index (Phi) is 6.72. The van der Waals surface area contributed by atoms with E-state index in [2.05, 4.69) is 5.32 Å². The topological polar surface area (TPSA) is 145 Å². The Labute approximate surface area is 204 Å². The highest BCUT2D eigenvalue weighted by atomic mass is 16.6. The van der Waals surface area contributed by atoms with E-state index in [-0.39, 0.29) is 29.2 Å². The maximum Gasteiger partial charge on any atom is 0.338 e. The molecule has 1 N–H and O–H groups in total. The fourth-order valence-electron chi connectivity index (χ4n) is 3.66. The van der Waals surface area contributed by atoms with Crippen LogP contribution >= 0.6 is 0 Å². The van der Waals surface area contributed by atoms with Crippen LogP contribution in [0.15, 0.2) is 66.7 Å². The van der Waals surface area contributed by atoms with Crippen molar-refractivity contribution in [1.29, 1.82) is 0 Å². The summed E-state index contributed by atoms with van der Waals surface area (Å²) in [5.74, 6) is -2.20. The average Bonchev–Trinajstić information content (AvgIpc) is 3.12. The summed E-state index contributed by atoms with van der Waals surface area (Å²) in [5.41, 5.74) is 0.798. The number of hydrogen-bond acceptors (Lipinski definition) is 8. The Morgan fingerprint density at radius 3 is 2.31 bits per heavy atom. The van der Waals surface area contributed by atoms with Gasteiger partial charge in [-0.05, 0) is 42.0 Å². The Morgan fingerprint density at radius 1 is 0.972 bits per heavy atom. The first-order valence-electron chi connectivity index (χ1n) is 10.6. The molecule has 11 heteroatoms. The standard InChI is InChI=1S/C25H19N3O8/c1-35-17-9-10-20(21(12-17)28(33)34)26-22(29)14-36-25(32)16-6-4-5-15(11-16)13-27-23(30)18-7-2-3-8-19(18)24(27)31/h2-12H,13-14H2,1H3,(H,26,29).